The number of methoxy groups -OCH3 is 1. The summed E-state index contributed by atoms with van der Waals surface area (Å²) in [6, 6.07) is 8.76. The summed E-state index contributed by atoms with van der Waals surface area (Å²) >= 11 is 0. The van der Waals surface area contributed by atoms with Crippen LogP contribution in [0.3, 0.4) is 0 Å². The number of aryl methyl sites for hydroxylation is 1. The Kier molecular flexibility index (Phi) is 7.22. The molecule has 3 amide bonds. The summed E-state index contributed by atoms with van der Waals surface area (Å²) in [6.07, 6.45) is 2.08. The van der Waals surface area contributed by atoms with E-state index in [0.29, 0.717) is 24.4 Å². The maximum absolute atomic E-state index is 11.5. The molecule has 2 heterocycles. The lowest BCUT2D eigenvalue weighted by atomic mass is 10.0. The van der Waals surface area contributed by atoms with Gasteiger partial charge in [-0.15, -0.1) is 0 Å². The third-order valence-corrected chi connectivity index (χ3v) is 4.32. The predicted molar refractivity (Wildman–Crippen MR) is 104 cm³/mol. The highest BCUT2D eigenvalue weighted by atomic mass is 16.5. The number of pyridine rings is 1. The first-order valence-corrected chi connectivity index (χ1v) is 8.67. The molecule has 0 spiro atoms. The summed E-state index contributed by atoms with van der Waals surface area (Å²) in [5.74, 6) is 0.175. The van der Waals surface area contributed by atoms with E-state index in [1.807, 2.05) is 31.2 Å². The van der Waals surface area contributed by atoms with Crippen LogP contribution in [0.15, 0.2) is 36.5 Å². The van der Waals surface area contributed by atoms with Gasteiger partial charge in [0.25, 0.3) is 5.91 Å². The van der Waals surface area contributed by atoms with Gasteiger partial charge in [-0.25, -0.2) is 4.98 Å². The molecule has 0 saturated heterocycles. The molecule has 2 N–H and O–H groups in total. The average molecular weight is 384 g/mol. The van der Waals surface area contributed by atoms with Crippen LogP contribution in [0.4, 0.5) is 0 Å². The monoisotopic (exact) mass is 384 g/mol. The summed E-state index contributed by atoms with van der Waals surface area (Å²) in [5, 5.41) is 4.98. The first-order chi connectivity index (χ1) is 13.4. The third kappa shape index (κ3) is 4.92. The van der Waals surface area contributed by atoms with E-state index in [1.54, 1.807) is 31.3 Å². The highest BCUT2D eigenvalue weighted by molar-refractivity contribution is 5.98. The predicted octanol–water partition coefficient (Wildman–Crippen LogP) is 1.20. The fourth-order valence-corrected chi connectivity index (χ4v) is 2.78. The maximum Gasteiger partial charge on any atom is 0.254 e. The number of nitrogens with one attached hydrogen (secondary N) is 2. The molecule has 8 heteroatoms. The normalized spacial score (nSPS) is 13.1. The van der Waals surface area contributed by atoms with E-state index in [4.69, 9.17) is 4.74 Å². The number of ether oxygens (including phenoxy) is 1. The van der Waals surface area contributed by atoms with Gasteiger partial charge in [0, 0.05) is 31.4 Å². The van der Waals surface area contributed by atoms with Gasteiger partial charge in [-0.05, 0) is 19.5 Å². The van der Waals surface area contributed by atoms with Crippen LogP contribution in [0.5, 0.6) is 5.88 Å². The molecule has 1 atom stereocenters. The number of nitrogens with zero attached hydrogens (tertiary/aromatic N) is 2. The zero-order valence-corrected chi connectivity index (χ0v) is 16.4. The van der Waals surface area contributed by atoms with Crippen molar-refractivity contribution in [2.45, 2.75) is 19.5 Å². The number of aromatic nitrogens is 1. The third-order valence-electron chi connectivity index (χ3n) is 4.32. The summed E-state index contributed by atoms with van der Waals surface area (Å²) in [5.41, 5.74) is 3.63. The van der Waals surface area contributed by atoms with E-state index in [1.165, 1.54) is 7.11 Å². The number of carbonyl (C=O) groups is 3. The van der Waals surface area contributed by atoms with Gasteiger partial charge in [-0.2, -0.15) is 0 Å². The molecule has 1 aromatic heterocycles. The van der Waals surface area contributed by atoms with Crippen molar-refractivity contribution in [3.63, 3.8) is 0 Å². The van der Waals surface area contributed by atoms with E-state index < -0.39 is 6.04 Å². The van der Waals surface area contributed by atoms with Gasteiger partial charge in [-0.3, -0.25) is 19.7 Å². The van der Waals surface area contributed by atoms with Crippen LogP contribution in [-0.2, 0) is 16.1 Å². The molecule has 1 aliphatic heterocycles. The van der Waals surface area contributed by atoms with E-state index >= 15 is 0 Å². The molecule has 3 rings (SSSR count). The van der Waals surface area contributed by atoms with Crippen LogP contribution >= 0.6 is 0 Å². The van der Waals surface area contributed by atoms with Crippen LogP contribution < -0.4 is 15.4 Å². The molecular formula is C20H24N4O4. The van der Waals surface area contributed by atoms with E-state index in [0.717, 1.165) is 16.7 Å². The fraction of sp³-hybridized carbons (Fsp3) is 0.300. The summed E-state index contributed by atoms with van der Waals surface area (Å²) in [4.78, 5) is 38.8. The molecule has 0 fully saturated rings. The Labute approximate surface area is 163 Å². The summed E-state index contributed by atoms with van der Waals surface area (Å²) in [7, 11) is 4.99. The lowest BCUT2D eigenvalue weighted by molar-refractivity contribution is -0.126. The molecule has 0 radical (unpaired) electrons. The van der Waals surface area contributed by atoms with Crippen LogP contribution in [0.2, 0.25) is 0 Å². The second-order valence-electron chi connectivity index (χ2n) is 6.30. The van der Waals surface area contributed by atoms with Gasteiger partial charge >= 0.3 is 0 Å². The van der Waals surface area contributed by atoms with Crippen molar-refractivity contribution in [3.8, 4) is 5.88 Å². The number of hydrogen-bond donors (Lipinski definition) is 2. The summed E-state index contributed by atoms with van der Waals surface area (Å²) < 4.78 is 4.94. The Hall–Kier alpha value is -3.26. The van der Waals surface area contributed by atoms with Gasteiger partial charge in [0.05, 0.1) is 12.7 Å². The minimum absolute atomic E-state index is 0.0377. The second kappa shape index (κ2) is 9.61. The molecule has 148 valence electrons. The van der Waals surface area contributed by atoms with Crippen molar-refractivity contribution in [2.24, 2.45) is 0 Å². The molecule has 1 unspecified atom stereocenters. The largest absolute Gasteiger partial charge is 0.481 e. The SMILES string of the molecule is CNC(C(=O)NC=O)c1ccc(C)cc1.COc1cc2c(cn1)CN(C)C2=O. The molecule has 2 aromatic rings. The van der Waals surface area contributed by atoms with Gasteiger partial charge < -0.3 is 15.0 Å². The van der Waals surface area contributed by atoms with Crippen molar-refractivity contribution >= 4 is 18.2 Å². The van der Waals surface area contributed by atoms with Crippen LogP contribution in [-0.4, -0.2) is 49.3 Å². The Bertz CT molecular complexity index is 852. The minimum Gasteiger partial charge on any atom is -0.481 e. The number of carbonyl (C=O) groups excluding carboxylic acids is 3. The van der Waals surface area contributed by atoms with E-state index in [-0.39, 0.29) is 11.8 Å². The number of amides is 3. The maximum atomic E-state index is 11.5. The number of hydrogen-bond acceptors (Lipinski definition) is 6. The van der Waals surface area contributed by atoms with Crippen molar-refractivity contribution in [1.29, 1.82) is 0 Å². The molecule has 0 saturated carbocycles. The highest BCUT2D eigenvalue weighted by Gasteiger charge is 2.25. The molecule has 0 bridgehead atoms. The lowest BCUT2D eigenvalue weighted by Crippen LogP contribution is -2.35. The van der Waals surface area contributed by atoms with Crippen LogP contribution in [0.1, 0.15) is 33.1 Å². The molecule has 1 aliphatic rings. The Balaban J connectivity index is 0.000000202. The second-order valence-corrected chi connectivity index (χ2v) is 6.30. The Morgan fingerprint density at radius 3 is 2.57 bits per heavy atom. The van der Waals surface area contributed by atoms with Crippen molar-refractivity contribution in [3.05, 3.63) is 58.8 Å². The molecule has 8 nitrogen and oxygen atoms in total. The van der Waals surface area contributed by atoms with Crippen LogP contribution in [0, 0.1) is 6.92 Å². The topological polar surface area (TPSA) is 101 Å². The zero-order valence-electron chi connectivity index (χ0n) is 16.4. The number of rotatable bonds is 5. The van der Waals surface area contributed by atoms with Crippen molar-refractivity contribution in [1.82, 2.24) is 20.5 Å². The number of imide groups is 1. The van der Waals surface area contributed by atoms with E-state index in [2.05, 4.69) is 15.6 Å². The quantitative estimate of drug-likeness (QED) is 0.752. The first kappa shape index (κ1) is 21.0. The van der Waals surface area contributed by atoms with Crippen molar-refractivity contribution in [2.75, 3.05) is 21.2 Å². The zero-order chi connectivity index (χ0) is 20.7. The first-order valence-electron chi connectivity index (χ1n) is 8.67. The average Bonchev–Trinajstić information content (AvgIpc) is 2.98. The van der Waals surface area contributed by atoms with Gasteiger partial charge in [0.2, 0.25) is 18.2 Å². The lowest BCUT2D eigenvalue weighted by Gasteiger charge is -2.14. The highest BCUT2D eigenvalue weighted by Crippen LogP contribution is 2.23. The number of fused-ring (bicyclic) bond motifs is 1. The van der Waals surface area contributed by atoms with E-state index in [9.17, 15) is 14.4 Å². The minimum atomic E-state index is -0.490. The number of likely N-dealkylation sites (N-methyl/N-ethyl adjacent to an activating group) is 1. The molecule has 1 aromatic carbocycles. The van der Waals surface area contributed by atoms with Gasteiger partial charge in [0.15, 0.2) is 0 Å². The molecule has 28 heavy (non-hydrogen) atoms. The standard InChI is InChI=1S/C11H14N2O2.C9H10N2O2/c1-8-3-5-9(6-4-8)10(12-2)11(15)13-7-14;1-11-5-6-4-10-8(13-2)3-7(6)9(11)12/h3-7,10,12H,1-2H3,(H,13,14,15);3-4H,5H2,1-2H3. The Morgan fingerprint density at radius 2 is 2.00 bits per heavy atom. The summed E-state index contributed by atoms with van der Waals surface area (Å²) in [6.45, 7) is 2.62. The van der Waals surface area contributed by atoms with Crippen LogP contribution in [0.25, 0.3) is 0 Å². The van der Waals surface area contributed by atoms with Gasteiger partial charge in [0.1, 0.15) is 6.04 Å². The Morgan fingerprint density at radius 1 is 1.32 bits per heavy atom. The fourth-order valence-electron chi connectivity index (χ4n) is 2.78. The molecule has 0 aliphatic carbocycles. The molecular weight excluding hydrogens is 360 g/mol. The van der Waals surface area contributed by atoms with Gasteiger partial charge in [-0.1, -0.05) is 29.8 Å². The number of benzene rings is 1. The van der Waals surface area contributed by atoms with Crippen molar-refractivity contribution < 1.29 is 19.1 Å². The smallest absolute Gasteiger partial charge is 0.254 e.